The van der Waals surface area contributed by atoms with Crippen molar-refractivity contribution in [3.8, 4) is 5.75 Å². The SMILES string of the molecule is COc1ccc2ncc(Cl)c(C(O)CCC3(C(=O)O)CCN(C4CC(c5ccccc5)C4)C3)c2c1. The number of pyridine rings is 1. The summed E-state index contributed by atoms with van der Waals surface area (Å²) in [7, 11) is 1.59. The van der Waals surface area contributed by atoms with Crippen LogP contribution in [0.1, 0.15) is 55.3 Å². The highest BCUT2D eigenvalue weighted by Crippen LogP contribution is 2.46. The van der Waals surface area contributed by atoms with Crippen LogP contribution < -0.4 is 4.74 Å². The van der Waals surface area contributed by atoms with E-state index in [1.165, 1.54) is 5.56 Å². The van der Waals surface area contributed by atoms with Gasteiger partial charge in [0.15, 0.2) is 0 Å². The molecule has 0 radical (unpaired) electrons. The fourth-order valence-corrected chi connectivity index (χ4v) is 6.05. The molecule has 0 amide bonds. The number of carbonyl (C=O) groups is 1. The Balaban J connectivity index is 1.27. The maximum atomic E-state index is 12.4. The van der Waals surface area contributed by atoms with E-state index in [4.69, 9.17) is 16.3 Å². The number of aliphatic hydroxyl groups excluding tert-OH is 1. The summed E-state index contributed by atoms with van der Waals surface area (Å²) in [6.07, 6.45) is 4.09. The lowest BCUT2D eigenvalue weighted by Crippen LogP contribution is -2.44. The summed E-state index contributed by atoms with van der Waals surface area (Å²) in [4.78, 5) is 19.1. The highest BCUT2D eigenvalue weighted by molar-refractivity contribution is 6.32. The first kappa shape index (κ1) is 24.0. The van der Waals surface area contributed by atoms with Crippen molar-refractivity contribution in [3.05, 3.63) is 70.9 Å². The summed E-state index contributed by atoms with van der Waals surface area (Å²) in [6.45, 7) is 1.31. The molecule has 2 atom stereocenters. The number of nitrogens with zero attached hydrogens (tertiary/aromatic N) is 2. The van der Waals surface area contributed by atoms with E-state index in [0.29, 0.717) is 59.6 Å². The Morgan fingerprint density at radius 3 is 2.74 bits per heavy atom. The van der Waals surface area contributed by atoms with Crippen molar-refractivity contribution >= 4 is 28.5 Å². The van der Waals surface area contributed by atoms with E-state index < -0.39 is 17.5 Å². The van der Waals surface area contributed by atoms with Crippen molar-refractivity contribution in [2.24, 2.45) is 5.41 Å². The second-order valence-corrected chi connectivity index (χ2v) is 10.4. The molecule has 0 spiro atoms. The number of aliphatic carboxylic acids is 1. The second-order valence-electron chi connectivity index (χ2n) is 10.00. The summed E-state index contributed by atoms with van der Waals surface area (Å²) in [5, 5.41) is 22.5. The van der Waals surface area contributed by atoms with E-state index in [1.54, 1.807) is 13.3 Å². The molecule has 1 aliphatic carbocycles. The first-order valence-electron chi connectivity index (χ1n) is 12.2. The molecule has 1 aromatic heterocycles. The van der Waals surface area contributed by atoms with Gasteiger partial charge in [0.25, 0.3) is 0 Å². The Kier molecular flexibility index (Phi) is 6.71. The number of hydrogen-bond donors (Lipinski definition) is 2. The molecule has 2 unspecified atom stereocenters. The number of aliphatic hydroxyl groups is 1. The molecule has 1 saturated heterocycles. The van der Waals surface area contributed by atoms with Gasteiger partial charge in [-0.3, -0.25) is 14.7 Å². The second kappa shape index (κ2) is 9.76. The van der Waals surface area contributed by atoms with Crippen LogP contribution in [0.4, 0.5) is 0 Å². The molecular formula is C28H31ClN2O4. The third-order valence-electron chi connectivity index (χ3n) is 8.04. The number of carboxylic acid groups (broad SMARTS) is 1. The number of likely N-dealkylation sites (tertiary alicyclic amines) is 1. The lowest BCUT2D eigenvalue weighted by Gasteiger charge is -2.42. The summed E-state index contributed by atoms with van der Waals surface area (Å²) in [6, 6.07) is 16.4. The van der Waals surface area contributed by atoms with E-state index in [1.807, 2.05) is 24.3 Å². The number of benzene rings is 2. The summed E-state index contributed by atoms with van der Waals surface area (Å²) in [5.41, 5.74) is 1.80. The fourth-order valence-electron chi connectivity index (χ4n) is 5.78. The van der Waals surface area contributed by atoms with E-state index >= 15 is 0 Å². The van der Waals surface area contributed by atoms with Crippen LogP contribution in [0.15, 0.2) is 54.7 Å². The quantitative estimate of drug-likeness (QED) is 0.434. The number of methoxy groups -OCH3 is 1. The van der Waals surface area contributed by atoms with Crippen LogP contribution in [0.25, 0.3) is 10.9 Å². The van der Waals surface area contributed by atoms with Gasteiger partial charge in [0.05, 0.1) is 29.2 Å². The lowest BCUT2D eigenvalue weighted by atomic mass is 9.75. The smallest absolute Gasteiger partial charge is 0.310 e. The third kappa shape index (κ3) is 4.63. The van der Waals surface area contributed by atoms with Gasteiger partial charge in [-0.15, -0.1) is 0 Å². The zero-order valence-electron chi connectivity index (χ0n) is 19.9. The van der Waals surface area contributed by atoms with Gasteiger partial charge in [0, 0.05) is 29.7 Å². The third-order valence-corrected chi connectivity index (χ3v) is 8.34. The predicted molar refractivity (Wildman–Crippen MR) is 136 cm³/mol. The van der Waals surface area contributed by atoms with Gasteiger partial charge in [-0.1, -0.05) is 41.9 Å². The van der Waals surface area contributed by atoms with E-state index in [2.05, 4.69) is 34.1 Å². The largest absolute Gasteiger partial charge is 0.497 e. The summed E-state index contributed by atoms with van der Waals surface area (Å²) < 4.78 is 5.34. The Bertz CT molecular complexity index is 1210. The average molecular weight is 495 g/mol. The monoisotopic (exact) mass is 494 g/mol. The number of carboxylic acids is 1. The zero-order valence-corrected chi connectivity index (χ0v) is 20.6. The Labute approximate surface area is 210 Å². The molecule has 2 aromatic carbocycles. The van der Waals surface area contributed by atoms with Crippen molar-refractivity contribution in [1.29, 1.82) is 0 Å². The maximum absolute atomic E-state index is 12.4. The molecule has 2 heterocycles. The molecule has 184 valence electrons. The van der Waals surface area contributed by atoms with Crippen molar-refractivity contribution in [2.45, 2.75) is 50.2 Å². The molecule has 0 bridgehead atoms. The molecular weight excluding hydrogens is 464 g/mol. The molecule has 2 fully saturated rings. The van der Waals surface area contributed by atoms with Crippen molar-refractivity contribution in [3.63, 3.8) is 0 Å². The van der Waals surface area contributed by atoms with Crippen LogP contribution in [0.2, 0.25) is 5.02 Å². The summed E-state index contributed by atoms with van der Waals surface area (Å²) >= 11 is 6.45. The minimum absolute atomic E-state index is 0.313. The standard InChI is InChI=1S/C28H31ClN2O4/c1-35-21-7-8-24-22(15-21)26(23(29)16-30-24)25(32)9-10-28(27(33)34)11-12-31(17-28)20-13-19(14-20)18-5-3-2-4-6-18/h2-8,15-16,19-20,25,32H,9-14,17H2,1H3,(H,33,34). The molecule has 35 heavy (non-hydrogen) atoms. The lowest BCUT2D eigenvalue weighted by molar-refractivity contribution is -0.149. The Morgan fingerprint density at radius 1 is 1.26 bits per heavy atom. The van der Waals surface area contributed by atoms with Gasteiger partial charge in [-0.05, 0) is 68.3 Å². The normalized spacial score (nSPS) is 25.3. The predicted octanol–water partition coefficient (Wildman–Crippen LogP) is 5.43. The topological polar surface area (TPSA) is 82.9 Å². The fraction of sp³-hybridized carbons (Fsp3) is 0.429. The molecule has 1 saturated carbocycles. The maximum Gasteiger partial charge on any atom is 0.310 e. The summed E-state index contributed by atoms with van der Waals surface area (Å²) in [5.74, 6) is 0.429. The van der Waals surface area contributed by atoms with Crippen LogP contribution in [0, 0.1) is 5.41 Å². The minimum Gasteiger partial charge on any atom is -0.497 e. The highest BCUT2D eigenvalue weighted by Gasteiger charge is 2.48. The molecule has 6 nitrogen and oxygen atoms in total. The van der Waals surface area contributed by atoms with Crippen LogP contribution in [-0.4, -0.2) is 52.3 Å². The highest BCUT2D eigenvalue weighted by atomic mass is 35.5. The molecule has 5 rings (SSSR count). The van der Waals surface area contributed by atoms with Crippen LogP contribution in [0.5, 0.6) is 5.75 Å². The first-order valence-corrected chi connectivity index (χ1v) is 12.6. The number of hydrogen-bond acceptors (Lipinski definition) is 5. The first-order chi connectivity index (χ1) is 16.9. The van der Waals surface area contributed by atoms with Crippen LogP contribution >= 0.6 is 11.6 Å². The van der Waals surface area contributed by atoms with Gasteiger partial charge >= 0.3 is 5.97 Å². The van der Waals surface area contributed by atoms with Gasteiger partial charge in [-0.2, -0.15) is 0 Å². The average Bonchev–Trinajstić information content (AvgIpc) is 3.27. The molecule has 3 aromatic rings. The van der Waals surface area contributed by atoms with Crippen LogP contribution in [-0.2, 0) is 4.79 Å². The van der Waals surface area contributed by atoms with Crippen LogP contribution in [0.3, 0.4) is 0 Å². The van der Waals surface area contributed by atoms with Crippen molar-refractivity contribution in [2.75, 3.05) is 20.2 Å². The number of ether oxygens (including phenoxy) is 1. The molecule has 2 N–H and O–H groups in total. The number of halogens is 1. The molecule has 2 aliphatic rings. The van der Waals surface area contributed by atoms with Gasteiger partial charge in [0.1, 0.15) is 5.75 Å². The van der Waals surface area contributed by atoms with E-state index in [0.717, 1.165) is 24.8 Å². The van der Waals surface area contributed by atoms with Gasteiger partial charge < -0.3 is 14.9 Å². The molecule has 7 heteroatoms. The number of aromatic nitrogens is 1. The van der Waals surface area contributed by atoms with Gasteiger partial charge in [0.2, 0.25) is 0 Å². The zero-order chi connectivity index (χ0) is 24.6. The van der Waals surface area contributed by atoms with Crippen molar-refractivity contribution in [1.82, 2.24) is 9.88 Å². The van der Waals surface area contributed by atoms with Gasteiger partial charge in [-0.25, -0.2) is 0 Å². The minimum atomic E-state index is -0.892. The van der Waals surface area contributed by atoms with E-state index in [-0.39, 0.29) is 0 Å². The molecule has 1 aliphatic heterocycles. The number of rotatable bonds is 8. The Hall–Kier alpha value is -2.67. The number of fused-ring (bicyclic) bond motifs is 1. The Morgan fingerprint density at radius 2 is 2.03 bits per heavy atom. The van der Waals surface area contributed by atoms with E-state index in [9.17, 15) is 15.0 Å². The van der Waals surface area contributed by atoms with Crippen molar-refractivity contribution < 1.29 is 19.7 Å².